The molecule has 0 aliphatic carbocycles. The van der Waals surface area contributed by atoms with Gasteiger partial charge in [-0.05, 0) is 35.4 Å². The molecule has 35 heavy (non-hydrogen) atoms. The van der Waals surface area contributed by atoms with Gasteiger partial charge in [0.25, 0.3) is 0 Å². The molecule has 0 radical (unpaired) electrons. The minimum atomic E-state index is -0.0253. The number of nitrogens with zero attached hydrogens (tertiary/aromatic N) is 2. The molecule has 0 aromatic heterocycles. The predicted molar refractivity (Wildman–Crippen MR) is 136 cm³/mol. The second-order valence-corrected chi connectivity index (χ2v) is 8.44. The van der Waals surface area contributed by atoms with E-state index in [9.17, 15) is 0 Å². The Hall–Kier alpha value is -4.38. The fraction of sp³-hybridized carbons (Fsp3) is 0.133. The van der Waals surface area contributed by atoms with Crippen molar-refractivity contribution >= 4 is 11.8 Å². The van der Waals surface area contributed by atoms with Crippen molar-refractivity contribution in [2.75, 3.05) is 13.2 Å². The molecule has 0 fully saturated rings. The van der Waals surface area contributed by atoms with E-state index >= 15 is 0 Å². The van der Waals surface area contributed by atoms with Gasteiger partial charge in [0.2, 0.25) is 11.8 Å². The van der Waals surface area contributed by atoms with Gasteiger partial charge in [-0.3, -0.25) is 0 Å². The summed E-state index contributed by atoms with van der Waals surface area (Å²) >= 11 is 0. The maximum absolute atomic E-state index is 6.43. The Labute approximate surface area is 204 Å². The third-order valence-electron chi connectivity index (χ3n) is 6.13. The minimum Gasteiger partial charge on any atom is -0.475 e. The zero-order chi connectivity index (χ0) is 23.5. The van der Waals surface area contributed by atoms with Crippen LogP contribution in [0.1, 0.15) is 34.3 Å². The molecule has 4 aromatic carbocycles. The molecule has 4 aromatic rings. The van der Waals surface area contributed by atoms with Crippen LogP contribution in [0.2, 0.25) is 0 Å². The van der Waals surface area contributed by atoms with Crippen molar-refractivity contribution in [3.05, 3.63) is 131 Å². The average Bonchev–Trinajstić information content (AvgIpc) is 3.61. The fourth-order valence-electron chi connectivity index (χ4n) is 4.32. The molecule has 0 spiro atoms. The van der Waals surface area contributed by atoms with Crippen molar-refractivity contribution in [3.8, 4) is 11.5 Å². The Morgan fingerprint density at radius 1 is 0.514 bits per heavy atom. The van der Waals surface area contributed by atoms with Crippen molar-refractivity contribution in [1.29, 1.82) is 0 Å². The van der Waals surface area contributed by atoms with Gasteiger partial charge < -0.3 is 14.2 Å². The lowest BCUT2D eigenvalue weighted by Gasteiger charge is -2.13. The second kappa shape index (κ2) is 9.47. The summed E-state index contributed by atoms with van der Waals surface area (Å²) in [6.07, 6.45) is 0. The van der Waals surface area contributed by atoms with Gasteiger partial charge in [0.1, 0.15) is 36.8 Å². The molecule has 2 atom stereocenters. The van der Waals surface area contributed by atoms with E-state index in [0.717, 1.165) is 22.3 Å². The van der Waals surface area contributed by atoms with Crippen LogP contribution >= 0.6 is 0 Å². The van der Waals surface area contributed by atoms with Gasteiger partial charge in [-0.15, -0.1) is 0 Å². The third-order valence-corrected chi connectivity index (χ3v) is 6.13. The van der Waals surface area contributed by atoms with Crippen LogP contribution in [0.25, 0.3) is 0 Å². The maximum atomic E-state index is 6.43. The standard InChI is InChI=1S/C30H24N2O3/c1-3-11-21(12-4-1)25-19-33-29(31-25)23-15-7-9-17-27(23)35-28-18-10-8-16-24(28)30-32-26(20-34-30)22-13-5-2-6-14-22/h1-18,25-26H,19-20H2/t25-,26-/m1/s1. The van der Waals surface area contributed by atoms with Crippen LogP contribution in [0.4, 0.5) is 0 Å². The number of hydrogen-bond acceptors (Lipinski definition) is 5. The number of para-hydroxylation sites is 2. The monoisotopic (exact) mass is 460 g/mol. The molecule has 172 valence electrons. The molecule has 0 N–H and O–H groups in total. The van der Waals surface area contributed by atoms with E-state index < -0.39 is 0 Å². The lowest BCUT2D eigenvalue weighted by molar-refractivity contribution is 0.317. The van der Waals surface area contributed by atoms with Gasteiger partial charge in [0.15, 0.2) is 0 Å². The van der Waals surface area contributed by atoms with Crippen LogP contribution < -0.4 is 4.74 Å². The smallest absolute Gasteiger partial charge is 0.220 e. The van der Waals surface area contributed by atoms with E-state index in [4.69, 9.17) is 24.2 Å². The van der Waals surface area contributed by atoms with E-state index in [0.29, 0.717) is 36.5 Å². The SMILES string of the molecule is c1ccc([C@H]2COC(c3ccccc3Oc3ccccc3C3=N[C@@H](c4ccccc4)CO3)=N2)cc1. The zero-order valence-corrected chi connectivity index (χ0v) is 19.1. The van der Waals surface area contributed by atoms with Crippen molar-refractivity contribution in [3.63, 3.8) is 0 Å². The predicted octanol–water partition coefficient (Wildman–Crippen LogP) is 6.52. The molecular formula is C30H24N2O3. The van der Waals surface area contributed by atoms with Crippen molar-refractivity contribution < 1.29 is 14.2 Å². The van der Waals surface area contributed by atoms with Gasteiger partial charge in [-0.2, -0.15) is 0 Å². The van der Waals surface area contributed by atoms with Crippen LogP contribution in [0, 0.1) is 0 Å². The third kappa shape index (κ3) is 4.41. The summed E-state index contributed by atoms with van der Waals surface area (Å²) in [5.74, 6) is 2.52. The lowest BCUT2D eigenvalue weighted by atomic mass is 10.1. The van der Waals surface area contributed by atoms with Gasteiger partial charge in [-0.25, -0.2) is 9.98 Å². The highest BCUT2D eigenvalue weighted by Crippen LogP contribution is 2.34. The van der Waals surface area contributed by atoms with Crippen LogP contribution in [0.3, 0.4) is 0 Å². The summed E-state index contributed by atoms with van der Waals surface area (Å²) in [4.78, 5) is 9.68. The molecule has 0 saturated heterocycles. The Morgan fingerprint density at radius 3 is 1.37 bits per heavy atom. The van der Waals surface area contributed by atoms with Crippen LogP contribution in [0.15, 0.2) is 119 Å². The van der Waals surface area contributed by atoms with Gasteiger partial charge in [0, 0.05) is 0 Å². The average molecular weight is 461 g/mol. The summed E-state index contributed by atoms with van der Waals surface area (Å²) in [5.41, 5.74) is 3.90. The largest absolute Gasteiger partial charge is 0.475 e. The molecule has 5 nitrogen and oxygen atoms in total. The minimum absolute atomic E-state index is 0.0253. The van der Waals surface area contributed by atoms with Crippen LogP contribution in [0.5, 0.6) is 11.5 Å². The van der Waals surface area contributed by atoms with Gasteiger partial charge in [0.05, 0.1) is 11.1 Å². The molecule has 0 unspecified atom stereocenters. The Bertz CT molecular complexity index is 1280. The molecule has 6 rings (SSSR count). The highest BCUT2D eigenvalue weighted by atomic mass is 16.5. The second-order valence-electron chi connectivity index (χ2n) is 8.44. The van der Waals surface area contributed by atoms with Crippen molar-refractivity contribution in [2.24, 2.45) is 9.98 Å². The summed E-state index contributed by atoms with van der Waals surface area (Å²) in [6, 6.07) is 36.0. The number of ether oxygens (including phenoxy) is 3. The maximum Gasteiger partial charge on any atom is 0.220 e. The summed E-state index contributed by atoms with van der Waals surface area (Å²) in [6.45, 7) is 1.02. The quantitative estimate of drug-likeness (QED) is 0.329. The topological polar surface area (TPSA) is 52.4 Å². The van der Waals surface area contributed by atoms with E-state index in [-0.39, 0.29) is 12.1 Å². The molecule has 0 amide bonds. The fourth-order valence-corrected chi connectivity index (χ4v) is 4.32. The number of aliphatic imine (C=N–C) groups is 2. The Morgan fingerprint density at radius 2 is 0.914 bits per heavy atom. The Kier molecular flexibility index (Phi) is 5.73. The number of benzene rings is 4. The van der Waals surface area contributed by atoms with Crippen LogP contribution in [-0.4, -0.2) is 25.0 Å². The lowest BCUT2D eigenvalue weighted by Crippen LogP contribution is -2.06. The van der Waals surface area contributed by atoms with Gasteiger partial charge >= 0.3 is 0 Å². The molecule has 0 bridgehead atoms. The first kappa shape index (κ1) is 21.2. The van der Waals surface area contributed by atoms with Gasteiger partial charge in [-0.1, -0.05) is 84.9 Å². The molecular weight excluding hydrogens is 436 g/mol. The molecule has 2 heterocycles. The summed E-state index contributed by atoms with van der Waals surface area (Å²) < 4.78 is 18.4. The Balaban J connectivity index is 1.29. The first-order valence-corrected chi connectivity index (χ1v) is 11.7. The van der Waals surface area contributed by atoms with E-state index in [1.54, 1.807) is 0 Å². The molecule has 0 saturated carbocycles. The first-order valence-electron chi connectivity index (χ1n) is 11.7. The molecule has 2 aliphatic heterocycles. The van der Waals surface area contributed by atoms with E-state index in [1.165, 1.54) is 0 Å². The number of rotatable bonds is 6. The molecule has 5 heteroatoms. The zero-order valence-electron chi connectivity index (χ0n) is 19.1. The summed E-state index contributed by atoms with van der Waals surface area (Å²) in [7, 11) is 0. The highest BCUT2D eigenvalue weighted by molar-refractivity contribution is 5.99. The first-order chi connectivity index (χ1) is 17.3. The van der Waals surface area contributed by atoms with E-state index in [1.807, 2.05) is 84.9 Å². The van der Waals surface area contributed by atoms with Crippen LogP contribution in [-0.2, 0) is 9.47 Å². The van der Waals surface area contributed by atoms with E-state index in [2.05, 4.69) is 24.3 Å². The number of hydrogen-bond donors (Lipinski definition) is 0. The normalized spacial score (nSPS) is 18.9. The van der Waals surface area contributed by atoms with Crippen molar-refractivity contribution in [1.82, 2.24) is 0 Å². The summed E-state index contributed by atoms with van der Waals surface area (Å²) in [5, 5.41) is 0. The highest BCUT2D eigenvalue weighted by Gasteiger charge is 2.26. The van der Waals surface area contributed by atoms with Crippen molar-refractivity contribution in [2.45, 2.75) is 12.1 Å². The molecule has 2 aliphatic rings.